The summed E-state index contributed by atoms with van der Waals surface area (Å²) in [7, 11) is 0. The van der Waals surface area contributed by atoms with Crippen LogP contribution in [0.2, 0.25) is 0 Å². The molecule has 0 unspecified atom stereocenters. The predicted molar refractivity (Wildman–Crippen MR) is 91.2 cm³/mol. The third-order valence-electron chi connectivity index (χ3n) is 4.39. The molecule has 1 fully saturated rings. The van der Waals surface area contributed by atoms with Gasteiger partial charge in [-0.1, -0.05) is 0 Å². The van der Waals surface area contributed by atoms with Gasteiger partial charge in [0, 0.05) is 12.4 Å². The van der Waals surface area contributed by atoms with Gasteiger partial charge in [0.05, 0.1) is 17.5 Å². The fourth-order valence-electron chi connectivity index (χ4n) is 3.27. The monoisotopic (exact) mass is 409 g/mol. The summed E-state index contributed by atoms with van der Waals surface area (Å²) in [6, 6.07) is 2.84. The molecule has 114 valence electrons. The van der Waals surface area contributed by atoms with Crippen LogP contribution in [0.1, 0.15) is 37.8 Å². The van der Waals surface area contributed by atoms with Crippen LogP contribution in [0.3, 0.4) is 0 Å². The van der Waals surface area contributed by atoms with Crippen LogP contribution in [0, 0.1) is 3.70 Å². The lowest BCUT2D eigenvalue weighted by Crippen LogP contribution is -2.22. The molecule has 1 saturated carbocycles. The van der Waals surface area contributed by atoms with Gasteiger partial charge >= 0.3 is 0 Å². The minimum Gasteiger partial charge on any atom is -0.383 e. The molecule has 0 amide bonds. The highest BCUT2D eigenvalue weighted by Crippen LogP contribution is 2.36. The average Bonchev–Trinajstić information content (AvgIpc) is 3.17. The zero-order valence-corrected chi connectivity index (χ0v) is 14.1. The molecule has 3 aromatic heterocycles. The van der Waals surface area contributed by atoms with E-state index in [0.717, 1.165) is 40.4 Å². The second kappa shape index (κ2) is 5.49. The van der Waals surface area contributed by atoms with Gasteiger partial charge in [-0.25, -0.2) is 14.6 Å². The summed E-state index contributed by atoms with van der Waals surface area (Å²) < 4.78 is 4.98. The van der Waals surface area contributed by atoms with Crippen LogP contribution < -0.4 is 5.73 Å². The van der Waals surface area contributed by atoms with E-state index >= 15 is 0 Å². The van der Waals surface area contributed by atoms with Crippen molar-refractivity contribution in [3.05, 3.63) is 28.5 Å². The van der Waals surface area contributed by atoms with Gasteiger partial charge in [0.2, 0.25) is 0 Å². The van der Waals surface area contributed by atoms with Crippen molar-refractivity contribution in [1.82, 2.24) is 29.5 Å². The van der Waals surface area contributed by atoms with Gasteiger partial charge in [0.25, 0.3) is 0 Å². The van der Waals surface area contributed by atoms with Crippen LogP contribution in [0.5, 0.6) is 0 Å². The highest BCUT2D eigenvalue weighted by molar-refractivity contribution is 14.1. The maximum absolute atomic E-state index is 5.97. The summed E-state index contributed by atoms with van der Waals surface area (Å²) in [5, 5.41) is 9.89. The summed E-state index contributed by atoms with van der Waals surface area (Å²) in [4.78, 5) is 8.46. The van der Waals surface area contributed by atoms with Crippen molar-refractivity contribution in [1.29, 1.82) is 0 Å². The average molecular weight is 409 g/mol. The van der Waals surface area contributed by atoms with Crippen LogP contribution >= 0.6 is 22.6 Å². The highest BCUT2D eigenvalue weighted by atomic mass is 127. The molecule has 1 aliphatic rings. The third kappa shape index (κ3) is 2.25. The molecule has 8 heteroatoms. The van der Waals surface area contributed by atoms with Gasteiger partial charge in [0.1, 0.15) is 15.8 Å². The van der Waals surface area contributed by atoms with E-state index in [4.69, 9.17) is 5.73 Å². The molecule has 0 spiro atoms. The number of hydrogen-bond donors (Lipinski definition) is 1. The van der Waals surface area contributed by atoms with Gasteiger partial charge in [-0.05, 0) is 54.3 Å². The maximum atomic E-state index is 5.97. The number of halogens is 1. The van der Waals surface area contributed by atoms with Crippen LogP contribution in [0.25, 0.3) is 11.0 Å². The second-order valence-electron chi connectivity index (χ2n) is 5.64. The molecule has 3 aromatic rings. The van der Waals surface area contributed by atoms with Crippen LogP contribution in [-0.2, 0) is 0 Å². The summed E-state index contributed by atoms with van der Waals surface area (Å²) in [6.07, 6.45) is 9.75. The van der Waals surface area contributed by atoms with Crippen molar-refractivity contribution in [2.24, 2.45) is 0 Å². The van der Waals surface area contributed by atoms with Crippen LogP contribution in [-0.4, -0.2) is 29.5 Å². The zero-order chi connectivity index (χ0) is 15.1. The Hall–Kier alpha value is -1.71. The molecular formula is C14H16IN7. The molecule has 0 aliphatic heterocycles. The number of anilines is 1. The maximum Gasteiger partial charge on any atom is 0.164 e. The van der Waals surface area contributed by atoms with Crippen molar-refractivity contribution in [3.63, 3.8) is 0 Å². The number of nitrogens with zero attached hydrogens (tertiary/aromatic N) is 6. The first-order valence-electron chi connectivity index (χ1n) is 7.37. The van der Waals surface area contributed by atoms with Gasteiger partial charge in [-0.2, -0.15) is 10.2 Å². The van der Waals surface area contributed by atoms with Crippen LogP contribution in [0.15, 0.2) is 24.8 Å². The Balaban J connectivity index is 1.61. The first-order chi connectivity index (χ1) is 10.7. The zero-order valence-electron chi connectivity index (χ0n) is 11.9. The predicted octanol–water partition coefficient (Wildman–Crippen LogP) is 2.57. The molecule has 7 nitrogen and oxygen atoms in total. The van der Waals surface area contributed by atoms with E-state index in [0.29, 0.717) is 17.9 Å². The van der Waals surface area contributed by atoms with E-state index in [9.17, 15) is 0 Å². The highest BCUT2D eigenvalue weighted by Gasteiger charge is 2.26. The number of rotatable bonds is 2. The molecule has 0 bridgehead atoms. The smallest absolute Gasteiger partial charge is 0.164 e. The first kappa shape index (κ1) is 13.9. The van der Waals surface area contributed by atoms with Gasteiger partial charge in [-0.3, -0.25) is 4.68 Å². The minimum absolute atomic E-state index is 0.368. The van der Waals surface area contributed by atoms with Crippen molar-refractivity contribution in [3.8, 4) is 0 Å². The third-order valence-corrected chi connectivity index (χ3v) is 5.14. The SMILES string of the molecule is Nc1ncnc2c1c(I)nn2[C@H]1CC[C@H](n2cccn2)CC1. The Morgan fingerprint density at radius 2 is 1.91 bits per heavy atom. The Labute approximate surface area is 141 Å². The quantitative estimate of drug-likeness (QED) is 0.658. The normalized spacial score (nSPS) is 22.2. The number of aromatic nitrogens is 6. The van der Waals surface area contributed by atoms with Crippen molar-refractivity contribution in [2.75, 3.05) is 5.73 Å². The van der Waals surface area contributed by atoms with Gasteiger partial charge in [-0.15, -0.1) is 0 Å². The molecule has 0 atom stereocenters. The Morgan fingerprint density at radius 1 is 1.14 bits per heavy atom. The summed E-state index contributed by atoms with van der Waals surface area (Å²) >= 11 is 2.21. The molecule has 4 rings (SSSR count). The lowest BCUT2D eigenvalue weighted by Gasteiger charge is -2.29. The lowest BCUT2D eigenvalue weighted by molar-refractivity contribution is 0.252. The Kier molecular flexibility index (Phi) is 3.47. The molecule has 3 heterocycles. The van der Waals surface area contributed by atoms with Gasteiger partial charge < -0.3 is 5.73 Å². The van der Waals surface area contributed by atoms with Crippen molar-refractivity contribution in [2.45, 2.75) is 37.8 Å². The minimum atomic E-state index is 0.368. The number of nitrogen functional groups attached to an aromatic ring is 1. The standard InChI is InChI=1S/C14H16IN7/c15-12-11-13(16)17-8-18-14(11)22(20-12)10-4-2-9(3-5-10)21-7-1-6-19-21/h1,6-10H,2-5H2,(H2,16,17,18)/t9-,10-. The summed E-state index contributed by atoms with van der Waals surface area (Å²) in [5.41, 5.74) is 6.81. The van der Waals surface area contributed by atoms with Crippen molar-refractivity contribution >= 4 is 39.4 Å². The lowest BCUT2D eigenvalue weighted by atomic mass is 9.91. The number of nitrogens with two attached hydrogens (primary N) is 1. The molecule has 2 N–H and O–H groups in total. The Bertz CT molecular complexity index is 787. The van der Waals surface area contributed by atoms with Crippen LogP contribution in [0.4, 0.5) is 5.82 Å². The topological polar surface area (TPSA) is 87.4 Å². The van der Waals surface area contributed by atoms with Gasteiger partial charge in [0.15, 0.2) is 5.65 Å². The molecule has 1 aliphatic carbocycles. The molecule has 22 heavy (non-hydrogen) atoms. The summed E-state index contributed by atoms with van der Waals surface area (Å²) in [5.74, 6) is 0.505. The Morgan fingerprint density at radius 3 is 2.64 bits per heavy atom. The van der Waals surface area contributed by atoms with E-state index < -0.39 is 0 Å². The second-order valence-corrected chi connectivity index (χ2v) is 6.66. The fourth-order valence-corrected chi connectivity index (χ4v) is 4.02. The first-order valence-corrected chi connectivity index (χ1v) is 8.45. The molecule has 0 radical (unpaired) electrons. The molecule has 0 aromatic carbocycles. The fraction of sp³-hybridized carbons (Fsp3) is 0.429. The van der Waals surface area contributed by atoms with E-state index in [1.54, 1.807) is 0 Å². The molecule has 0 saturated heterocycles. The number of hydrogen-bond acceptors (Lipinski definition) is 5. The largest absolute Gasteiger partial charge is 0.383 e. The summed E-state index contributed by atoms with van der Waals surface area (Å²) in [6.45, 7) is 0. The number of fused-ring (bicyclic) bond motifs is 1. The molecular weight excluding hydrogens is 393 g/mol. The van der Waals surface area contributed by atoms with E-state index in [2.05, 4.69) is 47.4 Å². The van der Waals surface area contributed by atoms with Crippen molar-refractivity contribution < 1.29 is 0 Å². The van der Waals surface area contributed by atoms with E-state index in [1.807, 2.05) is 23.1 Å². The van der Waals surface area contributed by atoms with E-state index in [-0.39, 0.29) is 0 Å². The van der Waals surface area contributed by atoms with E-state index in [1.165, 1.54) is 6.33 Å².